The van der Waals surface area contributed by atoms with Crippen LogP contribution >= 0.6 is 15.9 Å². The van der Waals surface area contributed by atoms with Crippen LogP contribution in [0.25, 0.3) is 0 Å². The predicted octanol–water partition coefficient (Wildman–Crippen LogP) is 2.57. The molecular weight excluding hydrogens is 230 g/mol. The van der Waals surface area contributed by atoms with Crippen LogP contribution < -0.4 is 5.32 Å². The molecule has 2 nitrogen and oxygen atoms in total. The summed E-state index contributed by atoms with van der Waals surface area (Å²) in [5, 5.41) is 2.93. The minimum absolute atomic E-state index is 0.108. The maximum Gasteiger partial charge on any atom is 0.223 e. The first-order chi connectivity index (χ1) is 5.99. The van der Waals surface area contributed by atoms with Crippen molar-refractivity contribution in [3.05, 3.63) is 0 Å². The zero-order valence-electron chi connectivity index (χ0n) is 8.93. The van der Waals surface area contributed by atoms with E-state index in [1.165, 1.54) is 0 Å². The summed E-state index contributed by atoms with van der Waals surface area (Å²) in [4.78, 5) is 11.9. The second-order valence-corrected chi connectivity index (χ2v) is 5.08. The molecule has 0 aromatic heterocycles. The van der Waals surface area contributed by atoms with Gasteiger partial charge < -0.3 is 5.32 Å². The monoisotopic (exact) mass is 249 g/mol. The largest absolute Gasteiger partial charge is 0.355 e. The van der Waals surface area contributed by atoms with E-state index in [4.69, 9.17) is 0 Å². The molecule has 0 saturated heterocycles. The van der Waals surface area contributed by atoms with Gasteiger partial charge in [0.2, 0.25) is 5.91 Å². The molecule has 0 radical (unpaired) electrons. The number of halogens is 1. The van der Waals surface area contributed by atoms with Crippen LogP contribution in [0.15, 0.2) is 0 Å². The van der Waals surface area contributed by atoms with Gasteiger partial charge in [-0.05, 0) is 12.3 Å². The van der Waals surface area contributed by atoms with Crippen LogP contribution in [0.5, 0.6) is 0 Å². The average Bonchev–Trinajstić information content (AvgIpc) is 2.11. The van der Waals surface area contributed by atoms with E-state index < -0.39 is 0 Å². The average molecular weight is 250 g/mol. The van der Waals surface area contributed by atoms with Crippen LogP contribution in [0.4, 0.5) is 0 Å². The third-order valence-corrected chi connectivity index (χ3v) is 3.33. The Bertz CT molecular complexity index is 159. The van der Waals surface area contributed by atoms with Gasteiger partial charge in [-0.25, -0.2) is 0 Å². The molecule has 0 saturated carbocycles. The maximum atomic E-state index is 11.5. The first-order valence-corrected chi connectivity index (χ1v) is 5.82. The van der Waals surface area contributed by atoms with Gasteiger partial charge >= 0.3 is 0 Å². The third kappa shape index (κ3) is 5.29. The summed E-state index contributed by atoms with van der Waals surface area (Å²) in [7, 11) is 0. The van der Waals surface area contributed by atoms with E-state index in [-0.39, 0.29) is 11.8 Å². The van der Waals surface area contributed by atoms with E-state index in [9.17, 15) is 4.79 Å². The van der Waals surface area contributed by atoms with Crippen molar-refractivity contribution >= 4 is 21.8 Å². The van der Waals surface area contributed by atoms with E-state index in [0.29, 0.717) is 10.7 Å². The fraction of sp³-hybridized carbons (Fsp3) is 0.900. The summed E-state index contributed by atoms with van der Waals surface area (Å²) in [5.41, 5.74) is 0. The minimum atomic E-state index is 0.108. The minimum Gasteiger partial charge on any atom is -0.355 e. The summed E-state index contributed by atoms with van der Waals surface area (Å²) in [6.07, 6.45) is 1.04. The van der Waals surface area contributed by atoms with Gasteiger partial charge in [0, 0.05) is 17.3 Å². The molecule has 0 aromatic rings. The Morgan fingerprint density at radius 2 is 1.92 bits per heavy atom. The van der Waals surface area contributed by atoms with Crippen LogP contribution in [-0.4, -0.2) is 17.3 Å². The molecule has 2 atom stereocenters. The lowest BCUT2D eigenvalue weighted by molar-refractivity contribution is -0.125. The van der Waals surface area contributed by atoms with Crippen LogP contribution in [0.3, 0.4) is 0 Å². The Morgan fingerprint density at radius 3 is 2.31 bits per heavy atom. The topological polar surface area (TPSA) is 29.1 Å². The van der Waals surface area contributed by atoms with E-state index in [0.717, 1.165) is 13.0 Å². The molecule has 2 unspecified atom stereocenters. The molecule has 0 bridgehead atoms. The van der Waals surface area contributed by atoms with Crippen molar-refractivity contribution in [3.8, 4) is 0 Å². The van der Waals surface area contributed by atoms with Gasteiger partial charge in [0.1, 0.15) is 0 Å². The summed E-state index contributed by atoms with van der Waals surface area (Å²) in [5.74, 6) is 0.680. The quantitative estimate of drug-likeness (QED) is 0.746. The van der Waals surface area contributed by atoms with Crippen LogP contribution in [0.1, 0.15) is 34.1 Å². The van der Waals surface area contributed by atoms with Crippen LogP contribution in [-0.2, 0) is 4.79 Å². The molecule has 0 rings (SSSR count). The smallest absolute Gasteiger partial charge is 0.223 e. The van der Waals surface area contributed by atoms with Crippen molar-refractivity contribution in [2.45, 2.75) is 38.9 Å². The number of alkyl halides is 1. The molecule has 0 aliphatic carbocycles. The number of rotatable bonds is 5. The van der Waals surface area contributed by atoms with Crippen molar-refractivity contribution in [2.75, 3.05) is 6.54 Å². The molecule has 0 aromatic carbocycles. The van der Waals surface area contributed by atoms with E-state index in [1.54, 1.807) is 0 Å². The Morgan fingerprint density at radius 1 is 1.38 bits per heavy atom. The molecule has 0 spiro atoms. The Labute approximate surface area is 89.6 Å². The number of amides is 1. The van der Waals surface area contributed by atoms with Crippen molar-refractivity contribution in [1.82, 2.24) is 5.32 Å². The zero-order valence-corrected chi connectivity index (χ0v) is 10.5. The molecule has 13 heavy (non-hydrogen) atoms. The highest BCUT2D eigenvalue weighted by Crippen LogP contribution is 2.09. The first kappa shape index (κ1) is 12.9. The highest BCUT2D eigenvalue weighted by Gasteiger charge is 2.16. The fourth-order valence-corrected chi connectivity index (χ4v) is 0.981. The van der Waals surface area contributed by atoms with Crippen LogP contribution in [0, 0.1) is 11.8 Å². The van der Waals surface area contributed by atoms with Gasteiger partial charge in [-0.2, -0.15) is 0 Å². The SMILES string of the molecule is CCC(Br)CNC(=O)C(C)C(C)C. The molecule has 0 aliphatic rings. The highest BCUT2D eigenvalue weighted by molar-refractivity contribution is 9.09. The van der Waals surface area contributed by atoms with Crippen molar-refractivity contribution in [3.63, 3.8) is 0 Å². The number of carbonyl (C=O) groups excluding carboxylic acids is 1. The number of hydrogen-bond donors (Lipinski definition) is 1. The number of nitrogens with one attached hydrogen (secondary N) is 1. The van der Waals surface area contributed by atoms with Gasteiger partial charge in [-0.15, -0.1) is 0 Å². The zero-order chi connectivity index (χ0) is 10.4. The van der Waals surface area contributed by atoms with Gasteiger partial charge in [-0.3, -0.25) is 4.79 Å². The molecule has 78 valence electrons. The third-order valence-electron chi connectivity index (χ3n) is 2.35. The summed E-state index contributed by atoms with van der Waals surface area (Å²) in [6.45, 7) is 8.92. The second-order valence-electron chi connectivity index (χ2n) is 3.78. The molecular formula is C10H20BrNO. The summed E-state index contributed by atoms with van der Waals surface area (Å²) in [6, 6.07) is 0. The lowest BCUT2D eigenvalue weighted by Gasteiger charge is -2.16. The fourth-order valence-electron chi connectivity index (χ4n) is 0.819. The highest BCUT2D eigenvalue weighted by atomic mass is 79.9. The Balaban J connectivity index is 3.74. The Hall–Kier alpha value is -0.0500. The van der Waals surface area contributed by atoms with Gasteiger partial charge in [-0.1, -0.05) is 43.6 Å². The molecule has 0 fully saturated rings. The molecule has 3 heteroatoms. The summed E-state index contributed by atoms with van der Waals surface area (Å²) < 4.78 is 0. The maximum absolute atomic E-state index is 11.5. The molecule has 0 aliphatic heterocycles. The second kappa shape index (κ2) is 6.41. The number of carbonyl (C=O) groups is 1. The van der Waals surface area contributed by atoms with E-state index >= 15 is 0 Å². The first-order valence-electron chi connectivity index (χ1n) is 4.90. The van der Waals surface area contributed by atoms with Crippen molar-refractivity contribution in [1.29, 1.82) is 0 Å². The standard InChI is InChI=1S/C10H20BrNO/c1-5-9(11)6-12-10(13)8(4)7(2)3/h7-9H,5-6H2,1-4H3,(H,12,13). The van der Waals surface area contributed by atoms with Crippen molar-refractivity contribution < 1.29 is 4.79 Å². The lowest BCUT2D eigenvalue weighted by atomic mass is 9.97. The van der Waals surface area contributed by atoms with Crippen molar-refractivity contribution in [2.24, 2.45) is 11.8 Å². The normalized spacial score (nSPS) is 15.5. The van der Waals surface area contributed by atoms with E-state index in [2.05, 4.69) is 42.0 Å². The van der Waals surface area contributed by atoms with Gasteiger partial charge in [0.25, 0.3) is 0 Å². The lowest BCUT2D eigenvalue weighted by Crippen LogP contribution is -2.35. The Kier molecular flexibility index (Phi) is 6.39. The molecule has 1 amide bonds. The van der Waals surface area contributed by atoms with Gasteiger partial charge in [0.15, 0.2) is 0 Å². The number of hydrogen-bond acceptors (Lipinski definition) is 1. The molecule has 1 N–H and O–H groups in total. The molecule has 0 heterocycles. The predicted molar refractivity (Wildman–Crippen MR) is 60.0 cm³/mol. The summed E-state index contributed by atoms with van der Waals surface area (Å²) >= 11 is 3.48. The van der Waals surface area contributed by atoms with Crippen LogP contribution in [0.2, 0.25) is 0 Å². The van der Waals surface area contributed by atoms with Gasteiger partial charge in [0.05, 0.1) is 0 Å². The van der Waals surface area contributed by atoms with E-state index in [1.807, 2.05) is 6.92 Å².